The number of hydrogen-bond acceptors (Lipinski definition) is 6. The first-order valence-corrected chi connectivity index (χ1v) is 12.6. The molecule has 1 N–H and O–H groups in total. The van der Waals surface area contributed by atoms with E-state index in [0.29, 0.717) is 44.4 Å². The summed E-state index contributed by atoms with van der Waals surface area (Å²) in [6, 6.07) is -0.0213. The fraction of sp³-hybridized carbons (Fsp3) is 0.920. The molecule has 4 rings (SSSR count). The smallest absolute Gasteiger partial charge is 0.223 e. The van der Waals surface area contributed by atoms with Crippen LogP contribution in [0, 0.1) is 17.8 Å². The predicted molar refractivity (Wildman–Crippen MR) is 120 cm³/mol. The topological polar surface area (TPSA) is 83.1 Å². The normalized spacial score (nSPS) is 44.2. The number of carbonyl (C=O) groups excluding carboxylic acids is 2. The predicted octanol–water partition coefficient (Wildman–Crippen LogP) is 2.98. The summed E-state index contributed by atoms with van der Waals surface area (Å²) in [6.45, 7) is 0. The zero-order valence-electron chi connectivity index (χ0n) is 20.2. The van der Waals surface area contributed by atoms with Gasteiger partial charge < -0.3 is 24.3 Å². The number of Topliss-reactive ketones (excluding diaryl/α,β-unsaturated/α-hetero) is 1. The molecule has 1 heterocycles. The van der Waals surface area contributed by atoms with E-state index in [-0.39, 0.29) is 60.1 Å². The Labute approximate surface area is 196 Å². The van der Waals surface area contributed by atoms with E-state index < -0.39 is 6.17 Å². The molecule has 0 bridgehead atoms. The summed E-state index contributed by atoms with van der Waals surface area (Å²) < 4.78 is 36.6. The second kappa shape index (κ2) is 11.1. The molecule has 1 aliphatic heterocycles. The van der Waals surface area contributed by atoms with Gasteiger partial charge in [-0.2, -0.15) is 0 Å². The van der Waals surface area contributed by atoms with Gasteiger partial charge in [0.15, 0.2) is 0 Å². The Morgan fingerprint density at radius 1 is 0.909 bits per heavy atom. The summed E-state index contributed by atoms with van der Waals surface area (Å²) in [5.41, 5.74) is 0. The molecule has 4 aliphatic rings. The van der Waals surface area contributed by atoms with E-state index in [0.717, 1.165) is 25.7 Å². The standard InChI is InChI=1S/C25H40FNO6/c1-30-22-10-15(11-23(31-2)24(22)32-3)25(29)27-17-8-9-20-18(12-17)19(28)13-21(33-20)14-4-6-16(26)7-5-14/h14-18,20-24H,4-13H2,1-3H3,(H,27,29). The summed E-state index contributed by atoms with van der Waals surface area (Å²) in [7, 11) is 4.91. The van der Waals surface area contributed by atoms with E-state index in [1.807, 2.05) is 0 Å². The molecule has 188 valence electrons. The van der Waals surface area contributed by atoms with Gasteiger partial charge in [0.1, 0.15) is 18.1 Å². The summed E-state index contributed by atoms with van der Waals surface area (Å²) in [5, 5.41) is 3.20. The van der Waals surface area contributed by atoms with Crippen molar-refractivity contribution in [1.29, 1.82) is 0 Å². The Kier molecular flexibility index (Phi) is 8.42. The van der Waals surface area contributed by atoms with Crippen molar-refractivity contribution in [1.82, 2.24) is 5.32 Å². The van der Waals surface area contributed by atoms with Crippen molar-refractivity contribution in [3.63, 3.8) is 0 Å². The van der Waals surface area contributed by atoms with Crippen LogP contribution in [0.5, 0.6) is 0 Å². The van der Waals surface area contributed by atoms with E-state index in [1.54, 1.807) is 21.3 Å². The lowest BCUT2D eigenvalue weighted by molar-refractivity contribution is -0.162. The molecule has 8 heteroatoms. The maximum Gasteiger partial charge on any atom is 0.223 e. The van der Waals surface area contributed by atoms with E-state index in [4.69, 9.17) is 18.9 Å². The third-order valence-electron chi connectivity index (χ3n) is 8.54. The largest absolute Gasteiger partial charge is 0.379 e. The van der Waals surface area contributed by atoms with Gasteiger partial charge in [0.05, 0.1) is 24.4 Å². The highest BCUT2D eigenvalue weighted by atomic mass is 19.1. The monoisotopic (exact) mass is 469 g/mol. The number of fused-ring (bicyclic) bond motifs is 1. The van der Waals surface area contributed by atoms with Crippen LogP contribution in [0.2, 0.25) is 0 Å². The number of nitrogens with one attached hydrogen (secondary N) is 1. The second-order valence-corrected chi connectivity index (χ2v) is 10.4. The first kappa shape index (κ1) is 25.0. The number of halogens is 1. The van der Waals surface area contributed by atoms with Crippen molar-refractivity contribution in [2.45, 2.75) is 107 Å². The molecule has 0 aromatic carbocycles. The zero-order valence-corrected chi connectivity index (χ0v) is 20.2. The van der Waals surface area contributed by atoms with Crippen molar-refractivity contribution in [3.8, 4) is 0 Å². The van der Waals surface area contributed by atoms with Crippen molar-refractivity contribution < 1.29 is 32.9 Å². The highest BCUT2D eigenvalue weighted by Gasteiger charge is 2.46. The van der Waals surface area contributed by atoms with Gasteiger partial charge in [0.25, 0.3) is 0 Å². The van der Waals surface area contributed by atoms with Gasteiger partial charge in [-0.25, -0.2) is 4.39 Å². The summed E-state index contributed by atoms with van der Waals surface area (Å²) in [5.74, 6) is 0.182. The highest BCUT2D eigenvalue weighted by Crippen LogP contribution is 2.40. The van der Waals surface area contributed by atoms with Crippen LogP contribution < -0.4 is 5.32 Å². The Bertz CT molecular complexity index is 670. The van der Waals surface area contributed by atoms with Crippen molar-refractivity contribution in [3.05, 3.63) is 0 Å². The number of methoxy groups -OCH3 is 3. The Hall–Kier alpha value is -1.09. The maximum atomic E-state index is 13.5. The molecule has 1 amide bonds. The number of amides is 1. The van der Waals surface area contributed by atoms with Gasteiger partial charge in [0, 0.05) is 45.6 Å². The second-order valence-electron chi connectivity index (χ2n) is 10.4. The third-order valence-corrected chi connectivity index (χ3v) is 8.54. The Balaban J connectivity index is 1.30. The van der Waals surface area contributed by atoms with Gasteiger partial charge in [-0.05, 0) is 63.7 Å². The molecular formula is C25H40FNO6. The van der Waals surface area contributed by atoms with Gasteiger partial charge in [-0.15, -0.1) is 0 Å². The lowest BCUT2D eigenvalue weighted by Crippen LogP contribution is -2.54. The number of ketones is 1. The van der Waals surface area contributed by atoms with Crippen LogP contribution in [-0.4, -0.2) is 75.8 Å². The molecular weight excluding hydrogens is 429 g/mol. The Morgan fingerprint density at radius 3 is 2.18 bits per heavy atom. The van der Waals surface area contributed by atoms with Gasteiger partial charge >= 0.3 is 0 Å². The van der Waals surface area contributed by atoms with E-state index >= 15 is 0 Å². The minimum Gasteiger partial charge on any atom is -0.379 e. The zero-order chi connectivity index (χ0) is 23.5. The number of rotatable bonds is 6. The maximum absolute atomic E-state index is 13.5. The number of alkyl halides is 1. The van der Waals surface area contributed by atoms with Crippen LogP contribution in [0.1, 0.15) is 64.2 Å². The third kappa shape index (κ3) is 5.60. The Morgan fingerprint density at radius 2 is 1.58 bits per heavy atom. The van der Waals surface area contributed by atoms with Crippen LogP contribution in [0.3, 0.4) is 0 Å². The highest BCUT2D eigenvalue weighted by molar-refractivity contribution is 5.83. The van der Waals surface area contributed by atoms with Gasteiger partial charge in [0.2, 0.25) is 5.91 Å². The summed E-state index contributed by atoms with van der Waals surface area (Å²) >= 11 is 0. The molecule has 6 atom stereocenters. The van der Waals surface area contributed by atoms with E-state index in [1.165, 1.54) is 0 Å². The summed E-state index contributed by atoms with van der Waals surface area (Å²) in [6.07, 6.45) is 5.19. The van der Waals surface area contributed by atoms with Crippen molar-refractivity contribution in [2.24, 2.45) is 17.8 Å². The van der Waals surface area contributed by atoms with E-state index in [2.05, 4.69) is 5.32 Å². The molecule has 33 heavy (non-hydrogen) atoms. The number of hydrogen-bond donors (Lipinski definition) is 1. The molecule has 3 saturated carbocycles. The van der Waals surface area contributed by atoms with Crippen LogP contribution in [0.4, 0.5) is 4.39 Å². The average molecular weight is 470 g/mol. The molecule has 6 unspecified atom stereocenters. The molecule has 7 nitrogen and oxygen atoms in total. The number of ether oxygens (including phenoxy) is 4. The lowest BCUT2D eigenvalue weighted by Gasteiger charge is -2.44. The minimum absolute atomic E-state index is 0.00198. The molecule has 1 saturated heterocycles. The minimum atomic E-state index is -0.699. The summed E-state index contributed by atoms with van der Waals surface area (Å²) in [4.78, 5) is 26.1. The van der Waals surface area contributed by atoms with Crippen LogP contribution in [0.15, 0.2) is 0 Å². The number of carbonyl (C=O) groups is 2. The lowest BCUT2D eigenvalue weighted by atomic mass is 9.74. The van der Waals surface area contributed by atoms with Gasteiger partial charge in [-0.3, -0.25) is 9.59 Å². The first-order valence-electron chi connectivity index (χ1n) is 12.6. The van der Waals surface area contributed by atoms with Crippen LogP contribution >= 0.6 is 0 Å². The average Bonchev–Trinajstić information content (AvgIpc) is 2.83. The molecule has 0 spiro atoms. The quantitative estimate of drug-likeness (QED) is 0.644. The van der Waals surface area contributed by atoms with Crippen molar-refractivity contribution in [2.75, 3.05) is 21.3 Å². The van der Waals surface area contributed by atoms with Crippen molar-refractivity contribution >= 4 is 11.7 Å². The molecule has 0 aromatic rings. The molecule has 0 aromatic heterocycles. The van der Waals surface area contributed by atoms with Crippen LogP contribution in [-0.2, 0) is 28.5 Å². The fourth-order valence-corrected chi connectivity index (χ4v) is 6.59. The molecule has 4 fully saturated rings. The van der Waals surface area contributed by atoms with Crippen LogP contribution in [0.25, 0.3) is 0 Å². The first-order chi connectivity index (χ1) is 15.9. The molecule has 3 aliphatic carbocycles. The SMILES string of the molecule is COC1CC(C(=O)NC2CCC3OC(C4CCC(F)CC4)CC(=O)C3C2)CC(OC)C1OC. The van der Waals surface area contributed by atoms with E-state index in [9.17, 15) is 14.0 Å². The van der Waals surface area contributed by atoms with Gasteiger partial charge in [-0.1, -0.05) is 0 Å². The fourth-order valence-electron chi connectivity index (χ4n) is 6.59. The molecule has 0 radical (unpaired) electrons.